The lowest BCUT2D eigenvalue weighted by Crippen LogP contribution is -2.57. The molecule has 1 heterocycles. The Balaban J connectivity index is 2.03. The van der Waals surface area contributed by atoms with Crippen molar-refractivity contribution in [2.24, 2.45) is 0 Å². The lowest BCUT2D eigenvalue weighted by Gasteiger charge is -2.33. The normalized spacial score (nSPS) is 18.0. The van der Waals surface area contributed by atoms with E-state index in [4.69, 9.17) is 11.6 Å². The highest BCUT2D eigenvalue weighted by molar-refractivity contribution is 6.30. The second kappa shape index (κ2) is 8.07. The van der Waals surface area contributed by atoms with Gasteiger partial charge in [0.2, 0.25) is 11.8 Å². The fourth-order valence-corrected chi connectivity index (χ4v) is 2.55. The minimum absolute atomic E-state index is 0.0431. The smallest absolute Gasteiger partial charge is 0.307 e. The Hall–Kier alpha value is -2.19. The van der Waals surface area contributed by atoms with Gasteiger partial charge < -0.3 is 15.4 Å². The van der Waals surface area contributed by atoms with Crippen LogP contribution >= 0.6 is 11.6 Å². The van der Waals surface area contributed by atoms with Gasteiger partial charge in [-0.25, -0.2) is 4.39 Å². The summed E-state index contributed by atoms with van der Waals surface area (Å²) in [4.78, 5) is 37.1. The Labute approximate surface area is 143 Å². The average molecular weight is 358 g/mol. The summed E-state index contributed by atoms with van der Waals surface area (Å²) in [5.41, 5.74) is -0.0431. The summed E-state index contributed by atoms with van der Waals surface area (Å²) in [6.07, 6.45) is -0.166. The van der Waals surface area contributed by atoms with Crippen molar-refractivity contribution < 1.29 is 23.5 Å². The summed E-state index contributed by atoms with van der Waals surface area (Å²) in [6, 6.07) is 3.00. The van der Waals surface area contributed by atoms with Crippen LogP contribution in [-0.4, -0.2) is 55.5 Å². The maximum atomic E-state index is 13.7. The number of nitrogens with one attached hydrogen (secondary N) is 2. The van der Waals surface area contributed by atoms with Crippen molar-refractivity contribution in [3.05, 3.63) is 29.0 Å². The van der Waals surface area contributed by atoms with Crippen molar-refractivity contribution in [1.29, 1.82) is 0 Å². The van der Waals surface area contributed by atoms with Crippen LogP contribution in [0, 0.1) is 5.82 Å². The highest BCUT2D eigenvalue weighted by atomic mass is 35.5. The molecule has 0 aliphatic carbocycles. The van der Waals surface area contributed by atoms with E-state index in [9.17, 15) is 18.8 Å². The Morgan fingerprint density at radius 3 is 2.96 bits per heavy atom. The van der Waals surface area contributed by atoms with Crippen LogP contribution in [0.2, 0.25) is 5.02 Å². The minimum Gasteiger partial charge on any atom is -0.469 e. The number of carbonyl (C=O) groups excluding carboxylic acids is 3. The number of hydrogen-bond donors (Lipinski definition) is 2. The molecule has 0 bridgehead atoms. The number of nitrogens with zero attached hydrogens (tertiary/aromatic N) is 1. The maximum absolute atomic E-state index is 13.7. The molecule has 24 heavy (non-hydrogen) atoms. The highest BCUT2D eigenvalue weighted by Crippen LogP contribution is 2.19. The van der Waals surface area contributed by atoms with Gasteiger partial charge in [-0.15, -0.1) is 0 Å². The van der Waals surface area contributed by atoms with Gasteiger partial charge in [-0.2, -0.15) is 0 Å². The number of methoxy groups -OCH3 is 1. The van der Waals surface area contributed by atoms with Crippen LogP contribution in [0.5, 0.6) is 0 Å². The van der Waals surface area contributed by atoms with Crippen molar-refractivity contribution in [2.45, 2.75) is 12.5 Å². The first kappa shape index (κ1) is 18.2. The van der Waals surface area contributed by atoms with Gasteiger partial charge in [0.25, 0.3) is 0 Å². The number of halogens is 2. The third kappa shape index (κ3) is 4.65. The molecule has 1 saturated heterocycles. The third-order valence-electron chi connectivity index (χ3n) is 3.58. The van der Waals surface area contributed by atoms with Crippen molar-refractivity contribution in [3.8, 4) is 0 Å². The summed E-state index contributed by atoms with van der Waals surface area (Å²) < 4.78 is 18.2. The van der Waals surface area contributed by atoms with Crippen LogP contribution in [0.4, 0.5) is 10.1 Å². The van der Waals surface area contributed by atoms with Crippen LogP contribution < -0.4 is 10.6 Å². The molecule has 1 aliphatic rings. The lowest BCUT2D eigenvalue weighted by atomic mass is 10.1. The van der Waals surface area contributed by atoms with Crippen LogP contribution in [0.3, 0.4) is 0 Å². The van der Waals surface area contributed by atoms with Crippen LogP contribution in [0.25, 0.3) is 0 Å². The molecule has 1 aromatic carbocycles. The molecule has 9 heteroatoms. The molecule has 2 N–H and O–H groups in total. The molecular formula is C15H17ClFN3O4. The summed E-state index contributed by atoms with van der Waals surface area (Å²) in [5.74, 6) is -2.03. The zero-order chi connectivity index (χ0) is 17.7. The molecule has 1 aromatic rings. The molecule has 0 aromatic heterocycles. The van der Waals surface area contributed by atoms with Gasteiger partial charge >= 0.3 is 5.97 Å². The number of benzene rings is 1. The predicted molar refractivity (Wildman–Crippen MR) is 85.0 cm³/mol. The number of anilines is 1. The van der Waals surface area contributed by atoms with Gasteiger partial charge in [0.1, 0.15) is 11.9 Å². The van der Waals surface area contributed by atoms with E-state index < -0.39 is 23.7 Å². The zero-order valence-corrected chi connectivity index (χ0v) is 13.7. The van der Waals surface area contributed by atoms with E-state index in [-0.39, 0.29) is 29.6 Å². The first-order valence-electron chi connectivity index (χ1n) is 7.24. The number of piperazine rings is 1. The van der Waals surface area contributed by atoms with Gasteiger partial charge in [0.05, 0.1) is 25.8 Å². The predicted octanol–water partition coefficient (Wildman–Crippen LogP) is 0.781. The van der Waals surface area contributed by atoms with E-state index in [1.54, 1.807) is 4.90 Å². The Kier molecular flexibility index (Phi) is 6.10. The molecule has 2 rings (SSSR count). The van der Waals surface area contributed by atoms with Gasteiger partial charge in [-0.3, -0.25) is 19.3 Å². The van der Waals surface area contributed by atoms with Crippen LogP contribution in [-0.2, 0) is 19.1 Å². The summed E-state index contributed by atoms with van der Waals surface area (Å²) in [5, 5.41) is 5.33. The first-order chi connectivity index (χ1) is 11.4. The molecule has 130 valence electrons. The van der Waals surface area contributed by atoms with E-state index in [2.05, 4.69) is 15.4 Å². The summed E-state index contributed by atoms with van der Waals surface area (Å²) >= 11 is 5.78. The molecule has 0 saturated carbocycles. The van der Waals surface area contributed by atoms with E-state index in [1.165, 1.54) is 19.2 Å². The van der Waals surface area contributed by atoms with Crippen molar-refractivity contribution >= 4 is 35.1 Å². The topological polar surface area (TPSA) is 87.7 Å². The SMILES string of the molecule is COC(=O)C[C@@H]1C(=O)NCCN1CC(=O)Nc1cc(Cl)ccc1F. The fourth-order valence-electron chi connectivity index (χ4n) is 2.38. The van der Waals surface area contributed by atoms with Gasteiger partial charge in [0.15, 0.2) is 0 Å². The van der Waals surface area contributed by atoms with Gasteiger partial charge in [-0.05, 0) is 18.2 Å². The van der Waals surface area contributed by atoms with E-state index >= 15 is 0 Å². The molecular weight excluding hydrogens is 341 g/mol. The van der Waals surface area contributed by atoms with Crippen molar-refractivity contribution in [1.82, 2.24) is 10.2 Å². The number of amides is 2. The Morgan fingerprint density at radius 2 is 2.25 bits per heavy atom. The van der Waals surface area contributed by atoms with E-state index in [1.807, 2.05) is 0 Å². The Bertz CT molecular complexity index is 656. The number of hydrogen-bond acceptors (Lipinski definition) is 5. The van der Waals surface area contributed by atoms with Crippen LogP contribution in [0.15, 0.2) is 18.2 Å². The van der Waals surface area contributed by atoms with E-state index in [0.717, 1.165) is 6.07 Å². The molecule has 2 amide bonds. The fraction of sp³-hybridized carbons (Fsp3) is 0.400. The van der Waals surface area contributed by atoms with Crippen molar-refractivity contribution in [2.75, 3.05) is 32.1 Å². The third-order valence-corrected chi connectivity index (χ3v) is 3.81. The Morgan fingerprint density at radius 1 is 1.50 bits per heavy atom. The molecule has 0 unspecified atom stereocenters. The number of carbonyl (C=O) groups is 3. The molecule has 7 nitrogen and oxygen atoms in total. The standard InChI is InChI=1S/C15H17ClFN3O4/c1-24-14(22)7-12-15(23)18-4-5-20(12)8-13(21)19-11-6-9(16)2-3-10(11)17/h2-3,6,12H,4-5,7-8H2,1H3,(H,18,23)(H,19,21)/t12-/m1/s1. The highest BCUT2D eigenvalue weighted by Gasteiger charge is 2.33. The van der Waals surface area contributed by atoms with Gasteiger partial charge in [-0.1, -0.05) is 11.6 Å². The van der Waals surface area contributed by atoms with Crippen molar-refractivity contribution in [3.63, 3.8) is 0 Å². The second-order valence-corrected chi connectivity index (χ2v) is 5.67. The monoisotopic (exact) mass is 357 g/mol. The molecule has 0 radical (unpaired) electrons. The average Bonchev–Trinajstić information content (AvgIpc) is 2.54. The number of rotatable bonds is 5. The zero-order valence-electron chi connectivity index (χ0n) is 13.0. The largest absolute Gasteiger partial charge is 0.469 e. The first-order valence-corrected chi connectivity index (χ1v) is 7.62. The summed E-state index contributed by atoms with van der Waals surface area (Å²) in [6.45, 7) is 0.579. The number of ether oxygens (including phenoxy) is 1. The molecule has 1 fully saturated rings. The quantitative estimate of drug-likeness (QED) is 0.760. The summed E-state index contributed by atoms with van der Waals surface area (Å²) in [7, 11) is 1.22. The molecule has 1 atom stereocenters. The maximum Gasteiger partial charge on any atom is 0.307 e. The minimum atomic E-state index is -0.804. The van der Waals surface area contributed by atoms with E-state index in [0.29, 0.717) is 13.1 Å². The lowest BCUT2D eigenvalue weighted by molar-refractivity contribution is -0.146. The molecule has 1 aliphatic heterocycles. The van der Waals surface area contributed by atoms with Crippen LogP contribution in [0.1, 0.15) is 6.42 Å². The molecule has 0 spiro atoms. The second-order valence-electron chi connectivity index (χ2n) is 5.23. The number of esters is 1. The van der Waals surface area contributed by atoms with Gasteiger partial charge in [0, 0.05) is 18.1 Å².